The van der Waals surface area contributed by atoms with Gasteiger partial charge in [0.2, 0.25) is 11.9 Å². The summed E-state index contributed by atoms with van der Waals surface area (Å²) in [5.74, 6) is 1.44. The summed E-state index contributed by atoms with van der Waals surface area (Å²) in [4.78, 5) is 29.2. The van der Waals surface area contributed by atoms with E-state index in [0.717, 1.165) is 31.9 Å². The molecule has 1 saturated heterocycles. The minimum atomic E-state index is -0.214. The molecule has 1 amide bonds. The maximum absolute atomic E-state index is 12.0. The largest absolute Gasteiger partial charge is 0.490 e. The Morgan fingerprint density at radius 2 is 1.78 bits per heavy atom. The van der Waals surface area contributed by atoms with Crippen molar-refractivity contribution in [3.05, 3.63) is 67.4 Å². The van der Waals surface area contributed by atoms with Gasteiger partial charge in [0.05, 0.1) is 13.3 Å². The molecule has 1 fully saturated rings. The second kappa shape index (κ2) is 11.1. The number of ether oxygens (including phenoxy) is 2. The Hall–Kier alpha value is -4.11. The first-order chi connectivity index (χ1) is 17.4. The van der Waals surface area contributed by atoms with Crippen LogP contribution in [0.5, 0.6) is 17.4 Å². The van der Waals surface area contributed by atoms with Gasteiger partial charge in [0.15, 0.2) is 5.75 Å². The van der Waals surface area contributed by atoms with Crippen LogP contribution in [0, 0.1) is 0 Å². The van der Waals surface area contributed by atoms with Crippen LogP contribution in [0.25, 0.3) is 0 Å². The Morgan fingerprint density at radius 1 is 1.06 bits per heavy atom. The maximum Gasteiger partial charge on any atom is 0.267 e. The van der Waals surface area contributed by atoms with Crippen molar-refractivity contribution < 1.29 is 14.3 Å². The molecule has 9 heteroatoms. The molecule has 4 rings (SSSR count). The molecule has 0 radical (unpaired) electrons. The summed E-state index contributed by atoms with van der Waals surface area (Å²) in [5, 5.41) is 0. The fourth-order valence-corrected chi connectivity index (χ4v) is 3.92. The summed E-state index contributed by atoms with van der Waals surface area (Å²) >= 11 is 0. The molecule has 36 heavy (non-hydrogen) atoms. The highest BCUT2D eigenvalue weighted by Crippen LogP contribution is 2.33. The number of nitrogens with zero attached hydrogens (tertiary/aromatic N) is 6. The van der Waals surface area contributed by atoms with Crippen LogP contribution in [0.3, 0.4) is 0 Å². The lowest BCUT2D eigenvalue weighted by molar-refractivity contribution is -0.113. The van der Waals surface area contributed by atoms with E-state index in [1.807, 2.05) is 18.0 Å². The molecule has 3 aromatic rings. The molecule has 0 bridgehead atoms. The summed E-state index contributed by atoms with van der Waals surface area (Å²) in [5.41, 5.74) is 2.83. The van der Waals surface area contributed by atoms with Crippen LogP contribution in [0.15, 0.2) is 67.4 Å². The summed E-state index contributed by atoms with van der Waals surface area (Å²) in [7, 11) is 7.28. The van der Waals surface area contributed by atoms with Crippen LogP contribution >= 0.6 is 0 Å². The average Bonchev–Trinajstić information content (AvgIpc) is 2.92. The number of carbonyl (C=O) groups is 1. The fourth-order valence-electron chi connectivity index (χ4n) is 3.92. The molecular formula is C27H32N6O3. The van der Waals surface area contributed by atoms with Crippen LogP contribution < -0.4 is 24.2 Å². The van der Waals surface area contributed by atoms with Gasteiger partial charge in [-0.2, -0.15) is 4.98 Å². The number of benzene rings is 2. The van der Waals surface area contributed by atoms with E-state index in [-0.39, 0.29) is 11.8 Å². The number of rotatable bonds is 8. The van der Waals surface area contributed by atoms with E-state index < -0.39 is 0 Å². The van der Waals surface area contributed by atoms with Crippen LogP contribution in [-0.2, 0) is 4.79 Å². The lowest BCUT2D eigenvalue weighted by Gasteiger charge is -2.34. The van der Waals surface area contributed by atoms with Crippen molar-refractivity contribution in [3.8, 4) is 17.4 Å². The minimum absolute atomic E-state index is 0.214. The summed E-state index contributed by atoms with van der Waals surface area (Å²) in [6, 6.07) is 15.6. The standard InChI is InChI=1S/C27H32N6O3/c1-6-25(34)31(3)22-8-7-9-23(18-22)36-26-24(35-5)19-28-27(29-26)32(4)20-10-12-21(13-11-20)33-16-14-30(2)15-17-33/h6-13,18-19H,1,14-17H2,2-5H3. The highest BCUT2D eigenvalue weighted by molar-refractivity contribution is 6.00. The van der Waals surface area contributed by atoms with Gasteiger partial charge in [-0.1, -0.05) is 12.6 Å². The number of methoxy groups -OCH3 is 1. The van der Waals surface area contributed by atoms with Gasteiger partial charge >= 0.3 is 0 Å². The van der Waals surface area contributed by atoms with E-state index in [2.05, 4.69) is 57.7 Å². The van der Waals surface area contributed by atoms with E-state index in [0.29, 0.717) is 23.1 Å². The summed E-state index contributed by atoms with van der Waals surface area (Å²) in [6.45, 7) is 7.71. The Morgan fingerprint density at radius 3 is 2.44 bits per heavy atom. The summed E-state index contributed by atoms with van der Waals surface area (Å²) < 4.78 is 11.5. The monoisotopic (exact) mass is 488 g/mol. The Bertz CT molecular complexity index is 1210. The van der Waals surface area contributed by atoms with E-state index in [1.54, 1.807) is 38.6 Å². The first-order valence-corrected chi connectivity index (χ1v) is 11.8. The van der Waals surface area contributed by atoms with Crippen molar-refractivity contribution in [1.82, 2.24) is 14.9 Å². The van der Waals surface area contributed by atoms with Gasteiger partial charge in [0.1, 0.15) is 5.75 Å². The number of likely N-dealkylation sites (N-methyl/N-ethyl adjacent to an activating group) is 2. The number of hydrogen-bond acceptors (Lipinski definition) is 8. The molecule has 1 aliphatic rings. The molecule has 0 atom stereocenters. The average molecular weight is 489 g/mol. The smallest absolute Gasteiger partial charge is 0.267 e. The molecule has 0 aliphatic carbocycles. The molecule has 2 aromatic carbocycles. The number of hydrogen-bond donors (Lipinski definition) is 0. The van der Waals surface area contributed by atoms with Crippen LogP contribution in [-0.4, -0.2) is 75.2 Å². The predicted octanol–water partition coefficient (Wildman–Crippen LogP) is 3.95. The third-order valence-corrected chi connectivity index (χ3v) is 6.26. The van der Waals surface area contributed by atoms with E-state index in [9.17, 15) is 4.79 Å². The molecule has 188 valence electrons. The third-order valence-electron chi connectivity index (χ3n) is 6.26. The number of amides is 1. The van der Waals surface area contributed by atoms with Crippen LogP contribution in [0.1, 0.15) is 0 Å². The van der Waals surface area contributed by atoms with Gasteiger partial charge in [-0.15, -0.1) is 0 Å². The van der Waals surface area contributed by atoms with Crippen molar-refractivity contribution in [2.24, 2.45) is 0 Å². The topological polar surface area (TPSA) is 74.3 Å². The van der Waals surface area contributed by atoms with E-state index in [1.165, 1.54) is 16.7 Å². The van der Waals surface area contributed by atoms with Gasteiger partial charge in [-0.05, 0) is 49.5 Å². The first kappa shape index (κ1) is 25.0. The zero-order valence-electron chi connectivity index (χ0n) is 21.2. The molecule has 9 nitrogen and oxygen atoms in total. The Labute approximate surface area is 212 Å². The zero-order valence-corrected chi connectivity index (χ0v) is 21.2. The van der Waals surface area contributed by atoms with E-state index >= 15 is 0 Å². The SMILES string of the molecule is C=CC(=O)N(C)c1cccc(Oc2nc(N(C)c3ccc(N4CCN(C)CC4)cc3)ncc2OC)c1. The molecule has 0 N–H and O–H groups in total. The second-order valence-electron chi connectivity index (χ2n) is 8.61. The quantitative estimate of drug-likeness (QED) is 0.442. The number of anilines is 4. The predicted molar refractivity (Wildman–Crippen MR) is 143 cm³/mol. The first-order valence-electron chi connectivity index (χ1n) is 11.8. The van der Waals surface area contributed by atoms with Crippen LogP contribution in [0.4, 0.5) is 23.0 Å². The zero-order chi connectivity index (χ0) is 25.7. The fraction of sp³-hybridized carbons (Fsp3) is 0.296. The molecule has 0 saturated carbocycles. The van der Waals surface area contributed by atoms with Gasteiger partial charge in [-0.25, -0.2) is 4.98 Å². The van der Waals surface area contributed by atoms with Gasteiger partial charge in [-0.3, -0.25) is 4.79 Å². The molecule has 1 aliphatic heterocycles. The number of piperazine rings is 1. The van der Waals surface area contributed by atoms with Crippen molar-refractivity contribution in [2.45, 2.75) is 0 Å². The lowest BCUT2D eigenvalue weighted by atomic mass is 10.2. The highest BCUT2D eigenvalue weighted by atomic mass is 16.5. The van der Waals surface area contributed by atoms with Crippen LogP contribution in [0.2, 0.25) is 0 Å². The summed E-state index contributed by atoms with van der Waals surface area (Å²) in [6.07, 6.45) is 2.85. The number of aromatic nitrogens is 2. The van der Waals surface area contributed by atoms with Crippen molar-refractivity contribution in [3.63, 3.8) is 0 Å². The highest BCUT2D eigenvalue weighted by Gasteiger charge is 2.17. The van der Waals surface area contributed by atoms with Crippen molar-refractivity contribution >= 4 is 28.9 Å². The Kier molecular flexibility index (Phi) is 7.70. The normalized spacial score (nSPS) is 13.7. The minimum Gasteiger partial charge on any atom is -0.490 e. The number of carbonyl (C=O) groups excluding carboxylic acids is 1. The molecule has 1 aromatic heterocycles. The molecule has 0 spiro atoms. The molecular weight excluding hydrogens is 456 g/mol. The van der Waals surface area contributed by atoms with E-state index in [4.69, 9.17) is 9.47 Å². The van der Waals surface area contributed by atoms with Crippen molar-refractivity contribution in [2.75, 3.05) is 69.1 Å². The van der Waals surface area contributed by atoms with Gasteiger partial charge < -0.3 is 29.1 Å². The molecule has 0 unspecified atom stereocenters. The van der Waals surface area contributed by atoms with Crippen molar-refractivity contribution in [1.29, 1.82) is 0 Å². The van der Waals surface area contributed by atoms with Gasteiger partial charge in [0.25, 0.3) is 5.88 Å². The van der Waals surface area contributed by atoms with Gasteiger partial charge in [0, 0.05) is 63.4 Å². The maximum atomic E-state index is 12.0. The second-order valence-corrected chi connectivity index (χ2v) is 8.61. The molecule has 2 heterocycles. The lowest BCUT2D eigenvalue weighted by Crippen LogP contribution is -2.44. The Balaban J connectivity index is 1.53. The third kappa shape index (κ3) is 5.58.